The number of amides is 1. The molecule has 1 saturated heterocycles. The Morgan fingerprint density at radius 1 is 1.53 bits per heavy atom. The number of carbonyl (C=O) groups is 1. The first kappa shape index (κ1) is 11.4. The molecular formula is C11H12N2O4. The minimum atomic E-state index is -0.485. The number of methoxy groups -OCH3 is 1. The van der Waals surface area contributed by atoms with Gasteiger partial charge in [-0.1, -0.05) is 6.07 Å². The van der Waals surface area contributed by atoms with E-state index < -0.39 is 4.92 Å². The predicted octanol–water partition coefficient (Wildman–Crippen LogP) is 1.21. The van der Waals surface area contributed by atoms with Gasteiger partial charge in [0, 0.05) is 24.9 Å². The van der Waals surface area contributed by atoms with Crippen molar-refractivity contribution < 1.29 is 14.5 Å². The van der Waals surface area contributed by atoms with Gasteiger partial charge >= 0.3 is 5.69 Å². The van der Waals surface area contributed by atoms with E-state index in [2.05, 4.69) is 5.32 Å². The van der Waals surface area contributed by atoms with Crippen LogP contribution in [0.5, 0.6) is 5.75 Å². The Bertz CT molecular complexity index is 473. The maximum Gasteiger partial charge on any atom is 0.310 e. The molecule has 0 aliphatic carbocycles. The van der Waals surface area contributed by atoms with Crippen LogP contribution in [0.15, 0.2) is 18.2 Å². The summed E-state index contributed by atoms with van der Waals surface area (Å²) in [6.45, 7) is 0.569. The van der Waals surface area contributed by atoms with Crippen molar-refractivity contribution in [2.45, 2.75) is 12.3 Å². The normalized spacial score (nSPS) is 18.9. The van der Waals surface area contributed by atoms with Gasteiger partial charge in [-0.15, -0.1) is 0 Å². The van der Waals surface area contributed by atoms with E-state index in [4.69, 9.17) is 4.74 Å². The van der Waals surface area contributed by atoms with Crippen molar-refractivity contribution in [2.75, 3.05) is 13.7 Å². The molecule has 0 spiro atoms. The lowest BCUT2D eigenvalue weighted by Crippen LogP contribution is -2.13. The molecule has 0 saturated carbocycles. The highest BCUT2D eigenvalue weighted by molar-refractivity contribution is 5.79. The van der Waals surface area contributed by atoms with Crippen molar-refractivity contribution in [1.82, 2.24) is 5.32 Å². The van der Waals surface area contributed by atoms with Crippen LogP contribution in [0.3, 0.4) is 0 Å². The number of carbonyl (C=O) groups excluding carboxylic acids is 1. The van der Waals surface area contributed by atoms with Crippen LogP contribution in [0.1, 0.15) is 17.9 Å². The lowest BCUT2D eigenvalue weighted by molar-refractivity contribution is -0.385. The molecule has 1 fully saturated rings. The molecule has 0 bridgehead atoms. The molecule has 1 unspecified atom stereocenters. The molecule has 1 heterocycles. The molecule has 1 aliphatic rings. The Balaban J connectivity index is 2.31. The van der Waals surface area contributed by atoms with Gasteiger partial charge in [-0.2, -0.15) is 0 Å². The highest BCUT2D eigenvalue weighted by Gasteiger charge is 2.25. The number of nitrogens with one attached hydrogen (secondary N) is 1. The second-order valence-corrected chi connectivity index (χ2v) is 3.89. The van der Waals surface area contributed by atoms with Crippen molar-refractivity contribution in [1.29, 1.82) is 0 Å². The van der Waals surface area contributed by atoms with E-state index in [0.29, 0.717) is 13.0 Å². The van der Waals surface area contributed by atoms with E-state index >= 15 is 0 Å². The lowest BCUT2D eigenvalue weighted by atomic mass is 9.98. The van der Waals surface area contributed by atoms with Crippen LogP contribution in [0.4, 0.5) is 5.69 Å². The molecule has 0 aromatic heterocycles. The molecule has 0 radical (unpaired) electrons. The zero-order chi connectivity index (χ0) is 12.4. The first-order valence-corrected chi connectivity index (χ1v) is 5.21. The Morgan fingerprint density at radius 2 is 2.29 bits per heavy atom. The average molecular weight is 236 g/mol. The van der Waals surface area contributed by atoms with Gasteiger partial charge in [0.05, 0.1) is 12.0 Å². The molecular weight excluding hydrogens is 224 g/mol. The topological polar surface area (TPSA) is 81.5 Å². The van der Waals surface area contributed by atoms with Crippen molar-refractivity contribution >= 4 is 11.6 Å². The van der Waals surface area contributed by atoms with Gasteiger partial charge in [-0.05, 0) is 11.6 Å². The van der Waals surface area contributed by atoms with Crippen LogP contribution in [-0.2, 0) is 4.79 Å². The fraction of sp³-hybridized carbons (Fsp3) is 0.364. The summed E-state index contributed by atoms with van der Waals surface area (Å²) in [5, 5.41) is 13.5. The Kier molecular flexibility index (Phi) is 2.95. The number of hydrogen-bond acceptors (Lipinski definition) is 4. The average Bonchev–Trinajstić information content (AvgIpc) is 2.75. The molecule has 6 nitrogen and oxygen atoms in total. The second kappa shape index (κ2) is 4.40. The monoisotopic (exact) mass is 236 g/mol. The van der Waals surface area contributed by atoms with Gasteiger partial charge in [-0.25, -0.2) is 0 Å². The van der Waals surface area contributed by atoms with Gasteiger partial charge in [0.2, 0.25) is 5.91 Å². The van der Waals surface area contributed by atoms with Crippen LogP contribution in [0, 0.1) is 10.1 Å². The molecule has 17 heavy (non-hydrogen) atoms. The maximum atomic E-state index is 11.1. The van der Waals surface area contributed by atoms with Gasteiger partial charge in [-0.3, -0.25) is 14.9 Å². The van der Waals surface area contributed by atoms with E-state index in [1.807, 2.05) is 0 Å². The third-order valence-corrected chi connectivity index (χ3v) is 2.85. The molecule has 6 heteroatoms. The van der Waals surface area contributed by atoms with Gasteiger partial charge in [0.15, 0.2) is 5.75 Å². The summed E-state index contributed by atoms with van der Waals surface area (Å²) in [4.78, 5) is 21.3. The third kappa shape index (κ3) is 2.20. The third-order valence-electron chi connectivity index (χ3n) is 2.85. The van der Waals surface area contributed by atoms with Crippen LogP contribution >= 0.6 is 0 Å². The number of nitrogens with zero attached hydrogens (tertiary/aromatic N) is 1. The van der Waals surface area contributed by atoms with Gasteiger partial charge < -0.3 is 10.1 Å². The van der Waals surface area contributed by atoms with Crippen molar-refractivity contribution in [3.63, 3.8) is 0 Å². The minimum absolute atomic E-state index is 0.00678. The number of hydrogen-bond donors (Lipinski definition) is 1. The predicted molar refractivity (Wildman–Crippen MR) is 60.0 cm³/mol. The quantitative estimate of drug-likeness (QED) is 0.631. The van der Waals surface area contributed by atoms with E-state index in [0.717, 1.165) is 5.56 Å². The van der Waals surface area contributed by atoms with Crippen LogP contribution in [0.25, 0.3) is 0 Å². The first-order valence-electron chi connectivity index (χ1n) is 5.21. The molecule has 1 N–H and O–H groups in total. The fourth-order valence-corrected chi connectivity index (χ4v) is 1.94. The van der Waals surface area contributed by atoms with Crippen molar-refractivity contribution in [2.24, 2.45) is 0 Å². The summed E-state index contributed by atoms with van der Waals surface area (Å²) in [7, 11) is 1.39. The number of benzene rings is 1. The van der Waals surface area contributed by atoms with Crippen molar-refractivity contribution in [3.8, 4) is 5.75 Å². The molecule has 90 valence electrons. The second-order valence-electron chi connectivity index (χ2n) is 3.89. The summed E-state index contributed by atoms with van der Waals surface area (Å²) in [6.07, 6.45) is 0.418. The largest absolute Gasteiger partial charge is 0.490 e. The number of rotatable bonds is 3. The van der Waals surface area contributed by atoms with E-state index in [9.17, 15) is 14.9 Å². The zero-order valence-corrected chi connectivity index (χ0v) is 9.30. The summed E-state index contributed by atoms with van der Waals surface area (Å²) in [5.74, 6) is 0.302. The van der Waals surface area contributed by atoms with Crippen molar-refractivity contribution in [3.05, 3.63) is 33.9 Å². The number of nitro groups is 1. The van der Waals surface area contributed by atoms with E-state index in [1.165, 1.54) is 13.2 Å². The Hall–Kier alpha value is -2.11. The van der Waals surface area contributed by atoms with Crippen LogP contribution < -0.4 is 10.1 Å². The Morgan fingerprint density at radius 3 is 2.82 bits per heavy atom. The minimum Gasteiger partial charge on any atom is -0.490 e. The number of ether oxygens (including phenoxy) is 1. The molecule has 1 atom stereocenters. The fourth-order valence-electron chi connectivity index (χ4n) is 1.94. The number of nitro benzene ring substituents is 1. The standard InChI is InChI=1S/C11H12N2O4/c1-17-10-4-7(2-3-9(10)13(15)16)8-5-11(14)12-6-8/h2-4,8H,5-6H2,1H3,(H,12,14). The lowest BCUT2D eigenvalue weighted by Gasteiger charge is -2.09. The van der Waals surface area contributed by atoms with E-state index in [1.54, 1.807) is 12.1 Å². The van der Waals surface area contributed by atoms with Crippen LogP contribution in [-0.4, -0.2) is 24.5 Å². The Labute approximate surface area is 97.7 Å². The molecule has 2 rings (SSSR count). The van der Waals surface area contributed by atoms with E-state index in [-0.39, 0.29) is 23.3 Å². The molecule has 1 aromatic rings. The highest BCUT2D eigenvalue weighted by atomic mass is 16.6. The maximum absolute atomic E-state index is 11.1. The summed E-state index contributed by atoms with van der Waals surface area (Å²) < 4.78 is 4.99. The first-order chi connectivity index (χ1) is 8.11. The molecule has 1 aliphatic heterocycles. The van der Waals surface area contributed by atoms with Gasteiger partial charge in [0.25, 0.3) is 0 Å². The summed E-state index contributed by atoms with van der Waals surface area (Å²) in [6, 6.07) is 4.71. The SMILES string of the molecule is COc1cc(C2CNC(=O)C2)ccc1[N+](=O)[O-]. The van der Waals surface area contributed by atoms with Gasteiger partial charge in [0.1, 0.15) is 0 Å². The summed E-state index contributed by atoms with van der Waals surface area (Å²) >= 11 is 0. The highest BCUT2D eigenvalue weighted by Crippen LogP contribution is 2.32. The smallest absolute Gasteiger partial charge is 0.310 e. The molecule has 1 aromatic carbocycles. The zero-order valence-electron chi connectivity index (χ0n) is 9.30. The van der Waals surface area contributed by atoms with Crippen LogP contribution in [0.2, 0.25) is 0 Å². The molecule has 1 amide bonds. The summed E-state index contributed by atoms with van der Waals surface area (Å²) in [5.41, 5.74) is 0.819.